The third-order valence-electron chi connectivity index (χ3n) is 5.88. The first-order valence-electron chi connectivity index (χ1n) is 10.8. The Morgan fingerprint density at radius 2 is 2.03 bits per heavy atom. The lowest BCUT2D eigenvalue weighted by atomic mass is 10.1. The number of carbonyl (C=O) groups excluding carboxylic acids is 1. The van der Waals surface area contributed by atoms with E-state index in [0.29, 0.717) is 12.2 Å². The highest BCUT2D eigenvalue weighted by Gasteiger charge is 2.20. The topological polar surface area (TPSA) is 50.8 Å². The number of hydrogen-bond acceptors (Lipinski definition) is 5. The maximum absolute atomic E-state index is 12.9. The number of hydrogen-bond donors (Lipinski definition) is 1. The van der Waals surface area contributed by atoms with Crippen LogP contribution in [0, 0.1) is 0 Å². The number of thiophene rings is 1. The van der Waals surface area contributed by atoms with Gasteiger partial charge >= 0.3 is 0 Å². The number of amides is 1. The van der Waals surface area contributed by atoms with Gasteiger partial charge in [-0.25, -0.2) is 0 Å². The van der Waals surface area contributed by atoms with Gasteiger partial charge in [-0.15, -0.1) is 11.3 Å². The number of fused-ring (bicyclic) bond motifs is 1. The van der Waals surface area contributed by atoms with Gasteiger partial charge in [-0.05, 0) is 72.7 Å². The SMILES string of the molecule is O=C(Nc1ccccc1N1CCc2sccc2C1)c1ccc(OCC2CCCO2)cc1. The molecule has 1 amide bonds. The van der Waals surface area contributed by atoms with Crippen LogP contribution in [0.4, 0.5) is 11.4 Å². The number of rotatable bonds is 6. The van der Waals surface area contributed by atoms with E-state index in [0.717, 1.165) is 56.1 Å². The molecular weight excluding hydrogens is 408 g/mol. The molecule has 1 atom stereocenters. The Labute approximate surface area is 186 Å². The van der Waals surface area contributed by atoms with E-state index in [1.165, 1.54) is 10.4 Å². The maximum atomic E-state index is 12.9. The molecule has 2 aliphatic heterocycles. The van der Waals surface area contributed by atoms with Crippen LogP contribution < -0.4 is 15.0 Å². The number of nitrogens with zero attached hydrogens (tertiary/aromatic N) is 1. The van der Waals surface area contributed by atoms with Crippen molar-refractivity contribution in [1.29, 1.82) is 0 Å². The largest absolute Gasteiger partial charge is 0.491 e. The summed E-state index contributed by atoms with van der Waals surface area (Å²) in [4.78, 5) is 16.7. The average Bonchev–Trinajstić information content (AvgIpc) is 3.50. The van der Waals surface area contributed by atoms with Crippen molar-refractivity contribution in [2.24, 2.45) is 0 Å². The van der Waals surface area contributed by atoms with Crippen molar-refractivity contribution in [3.63, 3.8) is 0 Å². The Morgan fingerprint density at radius 3 is 2.87 bits per heavy atom. The normalized spacial score (nSPS) is 17.9. The van der Waals surface area contributed by atoms with Crippen LogP contribution in [0.15, 0.2) is 60.0 Å². The molecule has 0 radical (unpaired) electrons. The van der Waals surface area contributed by atoms with Crippen LogP contribution in [-0.2, 0) is 17.7 Å². The molecule has 1 unspecified atom stereocenters. The van der Waals surface area contributed by atoms with E-state index in [9.17, 15) is 4.79 Å². The molecule has 5 nitrogen and oxygen atoms in total. The molecule has 160 valence electrons. The second-order valence-electron chi connectivity index (χ2n) is 7.98. The van der Waals surface area contributed by atoms with Crippen molar-refractivity contribution >= 4 is 28.6 Å². The van der Waals surface area contributed by atoms with Gasteiger partial charge in [0.05, 0.1) is 17.5 Å². The third kappa shape index (κ3) is 4.60. The first kappa shape index (κ1) is 20.1. The molecule has 6 heteroatoms. The zero-order valence-corrected chi connectivity index (χ0v) is 18.2. The van der Waals surface area contributed by atoms with Gasteiger partial charge in [-0.3, -0.25) is 4.79 Å². The summed E-state index contributed by atoms with van der Waals surface area (Å²) in [6, 6.07) is 17.5. The Balaban J connectivity index is 1.24. The molecule has 0 bridgehead atoms. The Kier molecular flexibility index (Phi) is 5.91. The minimum atomic E-state index is -0.119. The summed E-state index contributed by atoms with van der Waals surface area (Å²) >= 11 is 1.83. The molecule has 0 aliphatic carbocycles. The summed E-state index contributed by atoms with van der Waals surface area (Å²) in [5, 5.41) is 5.26. The van der Waals surface area contributed by atoms with Crippen molar-refractivity contribution in [2.75, 3.05) is 30.0 Å². The van der Waals surface area contributed by atoms with Crippen molar-refractivity contribution in [1.82, 2.24) is 0 Å². The second kappa shape index (κ2) is 9.12. The number of anilines is 2. The first-order valence-corrected chi connectivity index (χ1v) is 11.7. The minimum Gasteiger partial charge on any atom is -0.491 e. The molecule has 1 aromatic heterocycles. The highest BCUT2D eigenvalue weighted by Crippen LogP contribution is 2.32. The Hall–Kier alpha value is -2.83. The highest BCUT2D eigenvalue weighted by molar-refractivity contribution is 7.10. The monoisotopic (exact) mass is 434 g/mol. The summed E-state index contributed by atoms with van der Waals surface area (Å²) in [6.45, 7) is 3.21. The molecule has 3 heterocycles. The summed E-state index contributed by atoms with van der Waals surface area (Å²) in [5.74, 6) is 0.638. The quantitative estimate of drug-likeness (QED) is 0.585. The van der Waals surface area contributed by atoms with Gasteiger partial charge in [0.2, 0.25) is 0 Å². The zero-order chi connectivity index (χ0) is 21.0. The molecular formula is C25H26N2O3S. The zero-order valence-electron chi connectivity index (χ0n) is 17.4. The molecule has 31 heavy (non-hydrogen) atoms. The molecule has 3 aromatic rings. The van der Waals surface area contributed by atoms with Gasteiger partial charge < -0.3 is 19.7 Å². The van der Waals surface area contributed by atoms with Crippen LogP contribution in [0.1, 0.15) is 33.6 Å². The van der Waals surface area contributed by atoms with E-state index in [4.69, 9.17) is 9.47 Å². The second-order valence-corrected chi connectivity index (χ2v) is 8.98. The molecule has 0 spiro atoms. The predicted molar refractivity (Wildman–Crippen MR) is 124 cm³/mol. The van der Waals surface area contributed by atoms with Gasteiger partial charge in [-0.1, -0.05) is 12.1 Å². The first-order chi connectivity index (χ1) is 15.3. The summed E-state index contributed by atoms with van der Waals surface area (Å²) in [5.41, 5.74) is 3.89. The fourth-order valence-corrected chi connectivity index (χ4v) is 5.06. The predicted octanol–water partition coefficient (Wildman–Crippen LogP) is 5.12. The smallest absolute Gasteiger partial charge is 0.255 e. The number of ether oxygens (including phenoxy) is 2. The molecule has 2 aromatic carbocycles. The van der Waals surface area contributed by atoms with Crippen molar-refractivity contribution in [2.45, 2.75) is 31.9 Å². The van der Waals surface area contributed by atoms with Gasteiger partial charge in [0.1, 0.15) is 12.4 Å². The fourth-order valence-electron chi connectivity index (χ4n) is 4.17. The molecule has 1 N–H and O–H groups in total. The Morgan fingerprint density at radius 1 is 1.16 bits per heavy atom. The van der Waals surface area contributed by atoms with Crippen molar-refractivity contribution in [3.05, 3.63) is 76.0 Å². The minimum absolute atomic E-state index is 0.119. The molecule has 1 saturated heterocycles. The highest BCUT2D eigenvalue weighted by atomic mass is 32.1. The van der Waals surface area contributed by atoms with Crippen LogP contribution in [0.2, 0.25) is 0 Å². The van der Waals surface area contributed by atoms with E-state index >= 15 is 0 Å². The lowest BCUT2D eigenvalue weighted by molar-refractivity contribution is 0.0679. The lowest BCUT2D eigenvalue weighted by Crippen LogP contribution is -2.30. The van der Waals surface area contributed by atoms with E-state index < -0.39 is 0 Å². The summed E-state index contributed by atoms with van der Waals surface area (Å²) < 4.78 is 11.4. The lowest BCUT2D eigenvalue weighted by Gasteiger charge is -2.30. The van der Waals surface area contributed by atoms with E-state index in [1.807, 2.05) is 41.7 Å². The summed E-state index contributed by atoms with van der Waals surface area (Å²) in [6.07, 6.45) is 3.37. The van der Waals surface area contributed by atoms with Crippen LogP contribution in [0.5, 0.6) is 5.75 Å². The van der Waals surface area contributed by atoms with Crippen molar-refractivity contribution < 1.29 is 14.3 Å². The average molecular weight is 435 g/mol. The van der Waals surface area contributed by atoms with E-state index in [1.54, 1.807) is 12.1 Å². The maximum Gasteiger partial charge on any atom is 0.255 e. The van der Waals surface area contributed by atoms with Crippen LogP contribution in [0.3, 0.4) is 0 Å². The van der Waals surface area contributed by atoms with Crippen LogP contribution in [0.25, 0.3) is 0 Å². The van der Waals surface area contributed by atoms with Gasteiger partial charge in [-0.2, -0.15) is 0 Å². The number of benzene rings is 2. The molecule has 2 aliphatic rings. The van der Waals surface area contributed by atoms with Gasteiger partial charge in [0.15, 0.2) is 0 Å². The Bertz CT molecular complexity index is 1040. The number of carbonyl (C=O) groups is 1. The van der Waals surface area contributed by atoms with Crippen LogP contribution in [-0.4, -0.2) is 31.8 Å². The summed E-state index contributed by atoms with van der Waals surface area (Å²) in [7, 11) is 0. The van der Waals surface area contributed by atoms with Crippen LogP contribution >= 0.6 is 11.3 Å². The number of para-hydroxylation sites is 2. The fraction of sp³-hybridized carbons (Fsp3) is 0.320. The molecule has 5 rings (SSSR count). The van der Waals surface area contributed by atoms with Gasteiger partial charge in [0.25, 0.3) is 5.91 Å². The van der Waals surface area contributed by atoms with E-state index in [2.05, 4.69) is 27.7 Å². The third-order valence-corrected chi connectivity index (χ3v) is 6.90. The number of nitrogens with one attached hydrogen (secondary N) is 1. The molecule has 0 saturated carbocycles. The van der Waals surface area contributed by atoms with E-state index in [-0.39, 0.29) is 12.0 Å². The standard InChI is InChI=1S/C25H26N2O3S/c28-25(18-7-9-20(10-8-18)30-17-21-4-3-14-29-21)26-22-5-1-2-6-23(22)27-13-11-24-19(16-27)12-15-31-24/h1-2,5-10,12,15,21H,3-4,11,13-14,16-17H2,(H,26,28). The van der Waals surface area contributed by atoms with Crippen molar-refractivity contribution in [3.8, 4) is 5.75 Å². The van der Waals surface area contributed by atoms with Gasteiger partial charge in [0, 0.05) is 30.1 Å². The molecule has 1 fully saturated rings.